The first kappa shape index (κ1) is 13.2. The largest absolute Gasteiger partial charge is 0.394 e. The molecule has 9 heteroatoms. The second-order valence-electron chi connectivity index (χ2n) is 4.66. The van der Waals surface area contributed by atoms with Crippen LogP contribution in [0.25, 0.3) is 11.2 Å². The zero-order valence-electron chi connectivity index (χ0n) is 10.6. The first-order valence-electron chi connectivity index (χ1n) is 6.08. The molecule has 0 radical (unpaired) electrons. The van der Waals surface area contributed by atoms with E-state index in [1.807, 2.05) is 0 Å². The van der Waals surface area contributed by atoms with Crippen LogP contribution in [0.2, 0.25) is 0 Å². The number of ether oxygens (including phenoxy) is 1. The number of aliphatic hydroxyl groups excluding tert-OH is 2. The molecule has 1 aliphatic rings. The summed E-state index contributed by atoms with van der Waals surface area (Å²) in [5, 5.41) is 18.7. The normalized spacial score (nSPS) is 30.2. The molecule has 2 aromatic heterocycles. The molecule has 108 valence electrons. The topological polar surface area (TPSA) is 119 Å². The van der Waals surface area contributed by atoms with Crippen LogP contribution in [-0.4, -0.2) is 54.7 Å². The monoisotopic (exact) mass is 283 g/mol. The second kappa shape index (κ2) is 4.62. The van der Waals surface area contributed by atoms with E-state index < -0.39 is 31.2 Å². The van der Waals surface area contributed by atoms with Gasteiger partial charge in [-0.25, -0.2) is 19.3 Å². The van der Waals surface area contributed by atoms with Gasteiger partial charge in [0.1, 0.15) is 23.5 Å². The molecule has 0 aliphatic carbocycles. The van der Waals surface area contributed by atoms with E-state index in [2.05, 4.69) is 15.0 Å². The number of nitrogens with two attached hydrogens (primary N) is 1. The molecule has 0 spiro atoms. The molecule has 3 heterocycles. The highest BCUT2D eigenvalue weighted by atomic mass is 19.1. The molecular formula is C11H14FN5O3. The third-order valence-electron chi connectivity index (χ3n) is 3.31. The Kier molecular flexibility index (Phi) is 3.04. The molecule has 0 saturated carbocycles. The summed E-state index contributed by atoms with van der Waals surface area (Å²) in [6, 6.07) is 0. The Bertz CT molecular complexity index is 648. The van der Waals surface area contributed by atoms with Crippen molar-refractivity contribution in [3.05, 3.63) is 12.2 Å². The van der Waals surface area contributed by atoms with Crippen LogP contribution in [0.15, 0.2) is 6.33 Å². The molecule has 4 atom stereocenters. The van der Waals surface area contributed by atoms with Gasteiger partial charge in [-0.15, -0.1) is 0 Å². The number of imidazole rings is 1. The van der Waals surface area contributed by atoms with Crippen molar-refractivity contribution in [1.82, 2.24) is 19.5 Å². The van der Waals surface area contributed by atoms with Crippen molar-refractivity contribution in [2.45, 2.75) is 31.5 Å². The molecule has 3 rings (SSSR count). The van der Waals surface area contributed by atoms with Crippen LogP contribution in [0.1, 0.15) is 12.1 Å². The van der Waals surface area contributed by atoms with Crippen LogP contribution in [0.5, 0.6) is 0 Å². The predicted octanol–water partition coefficient (Wildman–Crippen LogP) is -0.694. The van der Waals surface area contributed by atoms with Gasteiger partial charge < -0.3 is 20.7 Å². The quantitative estimate of drug-likeness (QED) is 0.667. The summed E-state index contributed by atoms with van der Waals surface area (Å²) in [6.07, 6.45) is -3.85. The van der Waals surface area contributed by atoms with E-state index in [0.29, 0.717) is 17.0 Å². The molecule has 1 aliphatic heterocycles. The average Bonchev–Trinajstić information content (AvgIpc) is 2.93. The second-order valence-corrected chi connectivity index (χ2v) is 4.66. The van der Waals surface area contributed by atoms with E-state index in [1.165, 1.54) is 10.9 Å². The third-order valence-corrected chi connectivity index (χ3v) is 3.31. The van der Waals surface area contributed by atoms with Crippen LogP contribution >= 0.6 is 0 Å². The summed E-state index contributed by atoms with van der Waals surface area (Å²) in [5.41, 5.74) is 6.40. The molecule has 0 aromatic carbocycles. The molecule has 1 saturated heterocycles. The van der Waals surface area contributed by atoms with E-state index in [9.17, 15) is 9.50 Å². The molecular weight excluding hydrogens is 269 g/mol. The van der Waals surface area contributed by atoms with Gasteiger partial charge in [0.25, 0.3) is 0 Å². The molecule has 1 unspecified atom stereocenters. The van der Waals surface area contributed by atoms with Gasteiger partial charge in [-0.1, -0.05) is 0 Å². The summed E-state index contributed by atoms with van der Waals surface area (Å²) >= 11 is 0. The van der Waals surface area contributed by atoms with Crippen molar-refractivity contribution in [2.24, 2.45) is 0 Å². The minimum Gasteiger partial charge on any atom is -0.394 e. The Hall–Kier alpha value is -1.84. The third kappa shape index (κ3) is 1.82. The number of rotatable bonds is 2. The number of halogens is 1. The molecule has 20 heavy (non-hydrogen) atoms. The van der Waals surface area contributed by atoms with Gasteiger partial charge in [-0.05, 0) is 6.92 Å². The molecule has 0 bridgehead atoms. The Morgan fingerprint density at radius 3 is 2.90 bits per heavy atom. The number of alkyl halides is 1. The lowest BCUT2D eigenvalue weighted by Gasteiger charge is -2.15. The number of nitrogen functional groups attached to an aromatic ring is 1. The smallest absolute Gasteiger partial charge is 0.173 e. The van der Waals surface area contributed by atoms with Crippen molar-refractivity contribution in [1.29, 1.82) is 0 Å². The SMILES string of the molecule is Cc1nc(N)c2ncn([C@@H]3O[C@H](CO)C(O)[C@@H]3F)c2n1. The van der Waals surface area contributed by atoms with Gasteiger partial charge in [0, 0.05) is 0 Å². The number of anilines is 1. The minimum atomic E-state index is -1.69. The Morgan fingerprint density at radius 1 is 1.50 bits per heavy atom. The van der Waals surface area contributed by atoms with Gasteiger partial charge >= 0.3 is 0 Å². The van der Waals surface area contributed by atoms with Crippen molar-refractivity contribution in [3.8, 4) is 0 Å². The molecule has 8 nitrogen and oxygen atoms in total. The number of hydrogen-bond donors (Lipinski definition) is 3. The number of aromatic nitrogens is 4. The maximum Gasteiger partial charge on any atom is 0.173 e. The van der Waals surface area contributed by atoms with Gasteiger partial charge in [-0.3, -0.25) is 4.57 Å². The first-order valence-corrected chi connectivity index (χ1v) is 6.08. The lowest BCUT2D eigenvalue weighted by atomic mass is 10.1. The Morgan fingerprint density at radius 2 is 2.25 bits per heavy atom. The highest BCUT2D eigenvalue weighted by Crippen LogP contribution is 2.33. The maximum absolute atomic E-state index is 14.1. The fourth-order valence-electron chi connectivity index (χ4n) is 2.32. The van der Waals surface area contributed by atoms with Crippen LogP contribution in [-0.2, 0) is 4.74 Å². The van der Waals surface area contributed by atoms with Crippen LogP contribution in [0, 0.1) is 6.92 Å². The van der Waals surface area contributed by atoms with Crippen LogP contribution in [0.4, 0.5) is 10.2 Å². The van der Waals surface area contributed by atoms with Gasteiger partial charge in [0.15, 0.2) is 23.9 Å². The highest BCUT2D eigenvalue weighted by Gasteiger charge is 2.45. The summed E-state index contributed by atoms with van der Waals surface area (Å²) < 4.78 is 20.8. The van der Waals surface area contributed by atoms with Gasteiger partial charge in [-0.2, -0.15) is 0 Å². The fourth-order valence-corrected chi connectivity index (χ4v) is 2.32. The van der Waals surface area contributed by atoms with E-state index in [1.54, 1.807) is 6.92 Å². The number of nitrogens with zero attached hydrogens (tertiary/aromatic N) is 4. The van der Waals surface area contributed by atoms with Crippen molar-refractivity contribution in [2.75, 3.05) is 12.3 Å². The minimum absolute atomic E-state index is 0.193. The number of hydrogen-bond acceptors (Lipinski definition) is 7. The summed E-state index contributed by atoms with van der Waals surface area (Å²) in [7, 11) is 0. The zero-order chi connectivity index (χ0) is 14.4. The maximum atomic E-state index is 14.1. The van der Waals surface area contributed by atoms with Crippen LogP contribution in [0.3, 0.4) is 0 Å². The molecule has 4 N–H and O–H groups in total. The number of aryl methyl sites for hydroxylation is 1. The first-order chi connectivity index (χ1) is 9.52. The lowest BCUT2D eigenvalue weighted by molar-refractivity contribution is -0.0459. The summed E-state index contributed by atoms with van der Waals surface area (Å²) in [5.74, 6) is 0.614. The average molecular weight is 283 g/mol. The molecule has 0 amide bonds. The number of aliphatic hydroxyl groups is 2. The zero-order valence-corrected chi connectivity index (χ0v) is 10.6. The van der Waals surface area contributed by atoms with Crippen molar-refractivity contribution >= 4 is 17.0 Å². The number of fused-ring (bicyclic) bond motifs is 1. The summed E-state index contributed by atoms with van der Waals surface area (Å²) in [4.78, 5) is 12.2. The Balaban J connectivity index is 2.07. The lowest BCUT2D eigenvalue weighted by Crippen LogP contribution is -2.30. The van der Waals surface area contributed by atoms with Crippen molar-refractivity contribution in [3.63, 3.8) is 0 Å². The van der Waals surface area contributed by atoms with Crippen molar-refractivity contribution < 1.29 is 19.3 Å². The van der Waals surface area contributed by atoms with Gasteiger partial charge in [0.05, 0.1) is 12.9 Å². The van der Waals surface area contributed by atoms with Gasteiger partial charge in [0.2, 0.25) is 0 Å². The van der Waals surface area contributed by atoms with E-state index in [-0.39, 0.29) is 5.82 Å². The fraction of sp³-hybridized carbons (Fsp3) is 0.545. The standard InChI is InChI=1S/C11H14FN5O3/c1-4-15-9(13)7-10(16-4)17(3-14-7)11-6(12)8(19)5(2-18)20-11/h3,5-6,8,11,18-19H,2H2,1H3,(H2,13,15,16)/t5-,6+,8?,11-/m1/s1. The highest BCUT2D eigenvalue weighted by molar-refractivity contribution is 5.81. The van der Waals surface area contributed by atoms with E-state index >= 15 is 0 Å². The van der Waals surface area contributed by atoms with E-state index in [0.717, 1.165) is 0 Å². The molecule has 2 aromatic rings. The Labute approximate surface area is 113 Å². The molecule has 1 fully saturated rings. The van der Waals surface area contributed by atoms with E-state index in [4.69, 9.17) is 15.6 Å². The van der Waals surface area contributed by atoms with Crippen LogP contribution < -0.4 is 5.73 Å². The summed E-state index contributed by atoms with van der Waals surface area (Å²) in [6.45, 7) is 1.18. The predicted molar refractivity (Wildman–Crippen MR) is 66.4 cm³/mol.